The molecule has 0 atom stereocenters. The average molecular weight is 543 g/mol. The van der Waals surface area contributed by atoms with Gasteiger partial charge < -0.3 is 20.3 Å². The lowest BCUT2D eigenvalue weighted by Crippen LogP contribution is -2.39. The van der Waals surface area contributed by atoms with Crippen molar-refractivity contribution < 1.29 is 9.53 Å². The van der Waals surface area contributed by atoms with Gasteiger partial charge in [0.1, 0.15) is 6.54 Å². The van der Waals surface area contributed by atoms with Crippen LogP contribution in [-0.4, -0.2) is 81.2 Å². The molecule has 1 aliphatic heterocycles. The van der Waals surface area contributed by atoms with Gasteiger partial charge in [0.05, 0.1) is 6.10 Å². The molecule has 7 nitrogen and oxygen atoms in total. The zero-order valence-electron chi connectivity index (χ0n) is 18.9. The van der Waals surface area contributed by atoms with Gasteiger partial charge in [-0.3, -0.25) is 9.69 Å². The lowest BCUT2D eigenvalue weighted by molar-refractivity contribution is -0.127. The summed E-state index contributed by atoms with van der Waals surface area (Å²) in [7, 11) is 3.46. The molecule has 31 heavy (non-hydrogen) atoms. The molecular formula is C23H38IN5O2. The molecule has 0 unspecified atom stereocenters. The summed E-state index contributed by atoms with van der Waals surface area (Å²) < 4.78 is 6.07. The first-order valence-corrected chi connectivity index (χ1v) is 10.8. The highest BCUT2D eigenvalue weighted by molar-refractivity contribution is 14.0. The number of rotatable bonds is 11. The summed E-state index contributed by atoms with van der Waals surface area (Å²) in [6.07, 6.45) is 5.17. The summed E-state index contributed by atoms with van der Waals surface area (Å²) in [6, 6.07) is 10.6. The van der Waals surface area contributed by atoms with Crippen LogP contribution in [0.3, 0.4) is 0 Å². The van der Waals surface area contributed by atoms with E-state index in [2.05, 4.69) is 57.4 Å². The minimum Gasteiger partial charge on any atom is -0.378 e. The van der Waals surface area contributed by atoms with E-state index in [9.17, 15) is 4.79 Å². The van der Waals surface area contributed by atoms with Crippen molar-refractivity contribution in [3.8, 4) is 0 Å². The minimum absolute atomic E-state index is 0. The third-order valence-corrected chi connectivity index (χ3v) is 5.04. The van der Waals surface area contributed by atoms with Gasteiger partial charge in [-0.1, -0.05) is 36.4 Å². The molecule has 0 aliphatic carbocycles. The van der Waals surface area contributed by atoms with Crippen LogP contribution in [0.5, 0.6) is 0 Å². The summed E-state index contributed by atoms with van der Waals surface area (Å²) in [4.78, 5) is 20.1. The Hall–Kier alpha value is -1.65. The van der Waals surface area contributed by atoms with Crippen LogP contribution >= 0.6 is 24.0 Å². The fourth-order valence-corrected chi connectivity index (χ4v) is 3.24. The van der Waals surface area contributed by atoms with Gasteiger partial charge >= 0.3 is 0 Å². The highest BCUT2D eigenvalue weighted by Gasteiger charge is 2.19. The molecule has 1 amide bonds. The smallest absolute Gasteiger partial charge is 0.243 e. The first-order chi connectivity index (χ1) is 14.6. The third kappa shape index (κ3) is 11.5. The number of likely N-dealkylation sites (N-methyl/N-ethyl adjacent to an activating group) is 1. The molecule has 2 rings (SSSR count). The quantitative estimate of drug-likeness (QED) is 0.148. The Bertz CT molecular complexity index is 661. The van der Waals surface area contributed by atoms with Crippen LogP contribution in [-0.2, 0) is 16.1 Å². The predicted octanol–water partition coefficient (Wildman–Crippen LogP) is 2.49. The van der Waals surface area contributed by atoms with Crippen molar-refractivity contribution in [1.82, 2.24) is 20.4 Å². The largest absolute Gasteiger partial charge is 0.378 e. The highest BCUT2D eigenvalue weighted by atomic mass is 127. The maximum absolute atomic E-state index is 11.7. The molecule has 1 heterocycles. The number of nitrogens with zero attached hydrogens (tertiary/aromatic N) is 3. The van der Waals surface area contributed by atoms with Gasteiger partial charge in [0, 0.05) is 53.4 Å². The van der Waals surface area contributed by atoms with Crippen molar-refractivity contribution >= 4 is 35.8 Å². The van der Waals surface area contributed by atoms with Gasteiger partial charge in [-0.25, -0.2) is 4.99 Å². The number of amides is 1. The maximum Gasteiger partial charge on any atom is 0.243 e. The molecule has 1 aliphatic rings. The molecule has 174 valence electrons. The van der Waals surface area contributed by atoms with Crippen LogP contribution in [0.4, 0.5) is 0 Å². The molecule has 0 radical (unpaired) electrons. The van der Waals surface area contributed by atoms with Crippen molar-refractivity contribution in [3.05, 3.63) is 48.6 Å². The molecule has 1 fully saturated rings. The van der Waals surface area contributed by atoms with Crippen molar-refractivity contribution in [1.29, 1.82) is 0 Å². The van der Waals surface area contributed by atoms with Crippen LogP contribution in [0.25, 0.3) is 0 Å². The Morgan fingerprint density at radius 1 is 1.26 bits per heavy atom. The van der Waals surface area contributed by atoms with E-state index in [0.29, 0.717) is 18.6 Å². The first kappa shape index (κ1) is 27.4. The molecule has 0 spiro atoms. The topological polar surface area (TPSA) is 69.2 Å². The van der Waals surface area contributed by atoms with Crippen LogP contribution in [0, 0.1) is 0 Å². The average Bonchev–Trinajstić information content (AvgIpc) is 2.76. The lowest BCUT2D eigenvalue weighted by atomic mass is 10.1. The number of hydrogen-bond acceptors (Lipinski definition) is 4. The fraction of sp³-hybridized carbons (Fsp3) is 0.565. The van der Waals surface area contributed by atoms with E-state index < -0.39 is 0 Å². The van der Waals surface area contributed by atoms with Crippen molar-refractivity contribution in [2.75, 3.05) is 53.4 Å². The number of ether oxygens (including phenoxy) is 1. The van der Waals surface area contributed by atoms with Crippen molar-refractivity contribution in [2.45, 2.75) is 31.9 Å². The van der Waals surface area contributed by atoms with E-state index in [1.165, 1.54) is 10.5 Å². The van der Waals surface area contributed by atoms with E-state index >= 15 is 0 Å². The summed E-state index contributed by atoms with van der Waals surface area (Å²) in [6.45, 7) is 9.08. The SMILES string of the molecule is C=CCNC(=NCC(=O)N(C)C)NCCCOC1CCN(Cc2ccccc2)CC1.I. The number of piperidine rings is 1. The van der Waals surface area contributed by atoms with Crippen LogP contribution < -0.4 is 10.6 Å². The molecule has 0 aromatic heterocycles. The lowest BCUT2D eigenvalue weighted by Gasteiger charge is -2.32. The molecular weight excluding hydrogens is 505 g/mol. The van der Waals surface area contributed by atoms with E-state index in [-0.39, 0.29) is 36.4 Å². The standard InChI is InChI=1S/C23H37N5O2.HI/c1-4-13-24-23(26-18-22(29)27(2)3)25-14-8-17-30-21-11-15-28(16-12-21)19-20-9-6-5-7-10-20;/h4-7,9-10,21H,1,8,11-19H2,2-3H3,(H2,24,25,26);1H. The number of aliphatic imine (C=N–C) groups is 1. The third-order valence-electron chi connectivity index (χ3n) is 5.04. The Balaban J connectivity index is 0.00000480. The van der Waals surface area contributed by atoms with Gasteiger partial charge in [0.25, 0.3) is 0 Å². The summed E-state index contributed by atoms with van der Waals surface area (Å²) in [5.74, 6) is 0.593. The molecule has 0 saturated carbocycles. The minimum atomic E-state index is -0.0309. The second kappa shape index (κ2) is 16.0. The zero-order valence-corrected chi connectivity index (χ0v) is 21.2. The van der Waals surface area contributed by atoms with Gasteiger partial charge in [0.2, 0.25) is 5.91 Å². The van der Waals surface area contributed by atoms with E-state index in [4.69, 9.17) is 4.74 Å². The summed E-state index contributed by atoms with van der Waals surface area (Å²) in [5, 5.41) is 6.39. The van der Waals surface area contributed by atoms with Gasteiger partial charge in [-0.05, 0) is 24.8 Å². The Kier molecular flexibility index (Phi) is 14.2. The number of likely N-dealkylation sites (tertiary alicyclic amines) is 1. The second-order valence-electron chi connectivity index (χ2n) is 7.73. The molecule has 1 aromatic carbocycles. The van der Waals surface area contributed by atoms with Gasteiger partial charge in [0.15, 0.2) is 5.96 Å². The van der Waals surface area contributed by atoms with Crippen LogP contribution in [0.15, 0.2) is 48.0 Å². The first-order valence-electron chi connectivity index (χ1n) is 10.8. The van der Waals surface area contributed by atoms with Crippen LogP contribution in [0.1, 0.15) is 24.8 Å². The molecule has 1 saturated heterocycles. The number of benzene rings is 1. The number of guanidine groups is 1. The summed E-state index contributed by atoms with van der Waals surface area (Å²) in [5.41, 5.74) is 1.37. The predicted molar refractivity (Wildman–Crippen MR) is 138 cm³/mol. The normalized spacial score (nSPS) is 15.1. The Morgan fingerprint density at radius 2 is 1.97 bits per heavy atom. The Morgan fingerprint density at radius 3 is 2.61 bits per heavy atom. The number of carbonyl (C=O) groups excluding carboxylic acids is 1. The van der Waals surface area contributed by atoms with E-state index in [0.717, 1.165) is 52.0 Å². The number of carbonyl (C=O) groups is 1. The number of halogens is 1. The van der Waals surface area contributed by atoms with Gasteiger partial charge in [-0.2, -0.15) is 0 Å². The molecule has 1 aromatic rings. The number of nitrogens with one attached hydrogen (secondary N) is 2. The Labute approximate surface area is 204 Å². The molecule has 2 N–H and O–H groups in total. The molecule has 0 bridgehead atoms. The fourth-order valence-electron chi connectivity index (χ4n) is 3.24. The second-order valence-corrected chi connectivity index (χ2v) is 7.73. The van der Waals surface area contributed by atoms with Crippen LogP contribution in [0.2, 0.25) is 0 Å². The van der Waals surface area contributed by atoms with Gasteiger partial charge in [-0.15, -0.1) is 30.6 Å². The van der Waals surface area contributed by atoms with Crippen molar-refractivity contribution in [3.63, 3.8) is 0 Å². The van der Waals surface area contributed by atoms with E-state index in [1.54, 1.807) is 20.2 Å². The highest BCUT2D eigenvalue weighted by Crippen LogP contribution is 2.16. The summed E-state index contributed by atoms with van der Waals surface area (Å²) >= 11 is 0. The monoisotopic (exact) mass is 543 g/mol. The van der Waals surface area contributed by atoms with E-state index in [1.807, 2.05) is 0 Å². The zero-order chi connectivity index (χ0) is 21.6. The van der Waals surface area contributed by atoms with Crippen molar-refractivity contribution in [2.24, 2.45) is 4.99 Å². The maximum atomic E-state index is 11.7. The molecule has 8 heteroatoms. The number of hydrogen-bond donors (Lipinski definition) is 2.